The monoisotopic (exact) mass is 214 g/mol. The number of hydrogen-bond acceptors (Lipinski definition) is 2. The van der Waals surface area contributed by atoms with E-state index in [0.717, 1.165) is 36.2 Å². The molecule has 1 aromatic heterocycles. The van der Waals surface area contributed by atoms with Gasteiger partial charge in [-0.2, -0.15) is 0 Å². The number of aromatic nitrogens is 2. The molecule has 0 spiro atoms. The van der Waals surface area contributed by atoms with Crippen LogP contribution in [0.15, 0.2) is 30.5 Å². The lowest BCUT2D eigenvalue weighted by Crippen LogP contribution is -1.85. The second kappa shape index (κ2) is 4.75. The van der Waals surface area contributed by atoms with Crippen LogP contribution in [-0.4, -0.2) is 16.3 Å². The lowest BCUT2D eigenvalue weighted by atomic mass is 10.1. The summed E-state index contributed by atoms with van der Waals surface area (Å²) in [7, 11) is 0. The number of aryl methyl sites for hydroxylation is 1. The Hall–Kier alpha value is -1.90. The van der Waals surface area contributed by atoms with Gasteiger partial charge in [0.15, 0.2) is 0 Å². The van der Waals surface area contributed by atoms with Crippen molar-refractivity contribution in [2.45, 2.75) is 19.8 Å². The summed E-state index contributed by atoms with van der Waals surface area (Å²) in [6.07, 6.45) is 4.73. The fourth-order valence-electron chi connectivity index (χ4n) is 1.61. The molecule has 3 heteroatoms. The number of aldehydes is 1. The Kier molecular flexibility index (Phi) is 3.15. The smallest absolute Gasteiger partial charge is 0.150 e. The Bertz CT molecular complexity index is 471. The molecule has 0 amide bonds. The summed E-state index contributed by atoms with van der Waals surface area (Å²) in [6.45, 7) is 2.13. The number of aromatic amines is 1. The molecule has 2 aromatic rings. The van der Waals surface area contributed by atoms with Gasteiger partial charge in [-0.05, 0) is 12.0 Å². The van der Waals surface area contributed by atoms with Gasteiger partial charge in [0, 0.05) is 12.0 Å². The Morgan fingerprint density at radius 1 is 1.31 bits per heavy atom. The minimum Gasteiger partial charge on any atom is -0.342 e. The maximum absolute atomic E-state index is 10.5. The summed E-state index contributed by atoms with van der Waals surface area (Å²) in [5.41, 5.74) is 2.75. The Labute approximate surface area is 94.5 Å². The van der Waals surface area contributed by atoms with Crippen LogP contribution in [0.3, 0.4) is 0 Å². The van der Waals surface area contributed by atoms with E-state index in [-0.39, 0.29) is 0 Å². The van der Waals surface area contributed by atoms with Crippen LogP contribution in [0.5, 0.6) is 0 Å². The largest absolute Gasteiger partial charge is 0.342 e. The van der Waals surface area contributed by atoms with E-state index in [9.17, 15) is 4.79 Å². The second-order valence-electron chi connectivity index (χ2n) is 3.73. The van der Waals surface area contributed by atoms with E-state index in [1.54, 1.807) is 0 Å². The molecular weight excluding hydrogens is 200 g/mol. The first-order valence-electron chi connectivity index (χ1n) is 5.43. The standard InChI is InChI=1S/C13H14N2O/c1-2-3-13-14-8-12(15-13)11-6-4-10(9-16)5-7-11/h4-9H,2-3H2,1H3,(H,14,15). The topological polar surface area (TPSA) is 45.8 Å². The van der Waals surface area contributed by atoms with Crippen molar-refractivity contribution in [2.75, 3.05) is 0 Å². The molecule has 0 bridgehead atoms. The third kappa shape index (κ3) is 2.19. The molecule has 3 nitrogen and oxygen atoms in total. The Balaban J connectivity index is 2.24. The van der Waals surface area contributed by atoms with E-state index in [2.05, 4.69) is 16.9 Å². The first kappa shape index (κ1) is 10.6. The lowest BCUT2D eigenvalue weighted by molar-refractivity contribution is 0.112. The van der Waals surface area contributed by atoms with Crippen LogP contribution in [0.1, 0.15) is 29.5 Å². The quantitative estimate of drug-likeness (QED) is 0.795. The molecule has 0 fully saturated rings. The number of H-pyrrole nitrogens is 1. The minimum atomic E-state index is 0.692. The molecule has 1 N–H and O–H groups in total. The maximum Gasteiger partial charge on any atom is 0.150 e. The van der Waals surface area contributed by atoms with Crippen molar-refractivity contribution in [3.05, 3.63) is 41.9 Å². The van der Waals surface area contributed by atoms with Crippen molar-refractivity contribution in [3.63, 3.8) is 0 Å². The van der Waals surface area contributed by atoms with Crippen molar-refractivity contribution >= 4 is 6.29 Å². The molecule has 1 heterocycles. The molecule has 0 saturated carbocycles. The average Bonchev–Trinajstić information content (AvgIpc) is 2.78. The zero-order valence-corrected chi connectivity index (χ0v) is 9.23. The summed E-state index contributed by atoms with van der Waals surface area (Å²) < 4.78 is 0. The van der Waals surface area contributed by atoms with Crippen LogP contribution in [0, 0.1) is 0 Å². The van der Waals surface area contributed by atoms with Gasteiger partial charge in [-0.25, -0.2) is 4.98 Å². The summed E-state index contributed by atoms with van der Waals surface area (Å²) in [5, 5.41) is 0. The second-order valence-corrected chi connectivity index (χ2v) is 3.73. The van der Waals surface area contributed by atoms with Gasteiger partial charge >= 0.3 is 0 Å². The number of hydrogen-bond donors (Lipinski definition) is 1. The number of rotatable bonds is 4. The number of benzene rings is 1. The number of carbonyl (C=O) groups excluding carboxylic acids is 1. The Morgan fingerprint density at radius 2 is 2.06 bits per heavy atom. The summed E-state index contributed by atoms with van der Waals surface area (Å²) >= 11 is 0. The van der Waals surface area contributed by atoms with Gasteiger partial charge in [0.25, 0.3) is 0 Å². The highest BCUT2D eigenvalue weighted by Crippen LogP contribution is 2.17. The molecule has 0 aliphatic rings. The van der Waals surface area contributed by atoms with E-state index < -0.39 is 0 Å². The molecule has 0 radical (unpaired) electrons. The van der Waals surface area contributed by atoms with Crippen LogP contribution >= 0.6 is 0 Å². The zero-order valence-electron chi connectivity index (χ0n) is 9.23. The summed E-state index contributed by atoms with van der Waals surface area (Å²) in [5.74, 6) is 1.01. The van der Waals surface area contributed by atoms with Gasteiger partial charge < -0.3 is 4.98 Å². The average molecular weight is 214 g/mol. The summed E-state index contributed by atoms with van der Waals surface area (Å²) in [6, 6.07) is 7.46. The van der Waals surface area contributed by atoms with Crippen LogP contribution < -0.4 is 0 Å². The molecule has 2 rings (SSSR count). The van der Waals surface area contributed by atoms with E-state index >= 15 is 0 Å². The first-order chi connectivity index (χ1) is 7.83. The van der Waals surface area contributed by atoms with E-state index in [0.29, 0.717) is 5.56 Å². The molecule has 0 atom stereocenters. The maximum atomic E-state index is 10.5. The fourth-order valence-corrected chi connectivity index (χ4v) is 1.61. The molecule has 16 heavy (non-hydrogen) atoms. The highest BCUT2D eigenvalue weighted by atomic mass is 16.1. The fraction of sp³-hybridized carbons (Fsp3) is 0.231. The molecule has 82 valence electrons. The van der Waals surface area contributed by atoms with Crippen LogP contribution in [0.2, 0.25) is 0 Å². The molecule has 1 aromatic carbocycles. The number of imidazole rings is 1. The lowest BCUT2D eigenvalue weighted by Gasteiger charge is -1.97. The molecule has 0 saturated heterocycles. The van der Waals surface area contributed by atoms with Gasteiger partial charge in [-0.1, -0.05) is 31.2 Å². The van der Waals surface area contributed by atoms with Gasteiger partial charge in [0.05, 0.1) is 11.9 Å². The van der Waals surface area contributed by atoms with E-state index in [1.165, 1.54) is 0 Å². The number of carbonyl (C=O) groups is 1. The zero-order chi connectivity index (χ0) is 11.4. The van der Waals surface area contributed by atoms with Crippen molar-refractivity contribution in [2.24, 2.45) is 0 Å². The number of nitrogens with one attached hydrogen (secondary N) is 1. The van der Waals surface area contributed by atoms with E-state index in [4.69, 9.17) is 0 Å². The van der Waals surface area contributed by atoms with Crippen LogP contribution in [-0.2, 0) is 6.42 Å². The van der Waals surface area contributed by atoms with Crippen LogP contribution in [0.25, 0.3) is 11.3 Å². The van der Waals surface area contributed by atoms with Gasteiger partial charge in [0.1, 0.15) is 12.1 Å². The SMILES string of the molecule is CCCc1ncc(-c2ccc(C=O)cc2)[nH]1. The molecule has 0 aliphatic carbocycles. The Morgan fingerprint density at radius 3 is 2.69 bits per heavy atom. The van der Waals surface area contributed by atoms with Gasteiger partial charge in [-0.3, -0.25) is 4.79 Å². The van der Waals surface area contributed by atoms with Gasteiger partial charge in [0.2, 0.25) is 0 Å². The third-order valence-electron chi connectivity index (χ3n) is 2.47. The third-order valence-corrected chi connectivity index (χ3v) is 2.47. The van der Waals surface area contributed by atoms with Crippen molar-refractivity contribution in [3.8, 4) is 11.3 Å². The number of nitrogens with zero attached hydrogens (tertiary/aromatic N) is 1. The highest BCUT2D eigenvalue weighted by molar-refractivity contribution is 5.76. The van der Waals surface area contributed by atoms with Crippen molar-refractivity contribution in [1.29, 1.82) is 0 Å². The first-order valence-corrected chi connectivity index (χ1v) is 5.43. The summed E-state index contributed by atoms with van der Waals surface area (Å²) in [4.78, 5) is 18.1. The van der Waals surface area contributed by atoms with E-state index in [1.807, 2.05) is 30.5 Å². The van der Waals surface area contributed by atoms with Crippen molar-refractivity contribution < 1.29 is 4.79 Å². The normalized spacial score (nSPS) is 10.3. The molecule has 0 aliphatic heterocycles. The molecule has 0 unspecified atom stereocenters. The predicted molar refractivity (Wildman–Crippen MR) is 63.4 cm³/mol. The van der Waals surface area contributed by atoms with Gasteiger partial charge in [-0.15, -0.1) is 0 Å². The highest BCUT2D eigenvalue weighted by Gasteiger charge is 2.02. The van der Waals surface area contributed by atoms with Crippen molar-refractivity contribution in [1.82, 2.24) is 9.97 Å². The van der Waals surface area contributed by atoms with Crippen LogP contribution in [0.4, 0.5) is 0 Å². The minimum absolute atomic E-state index is 0.692. The predicted octanol–water partition coefficient (Wildman–Crippen LogP) is 2.84. The molecular formula is C13H14N2O.